The molecule has 1 amide bonds. The number of carbonyl (C=O) groups is 1. The first-order valence-corrected chi connectivity index (χ1v) is 10.1. The van der Waals surface area contributed by atoms with Crippen LogP contribution < -0.4 is 0 Å². The zero-order valence-electron chi connectivity index (χ0n) is 16.7. The molecule has 3 unspecified atom stereocenters. The highest BCUT2D eigenvalue weighted by atomic mass is 35.5. The van der Waals surface area contributed by atoms with Gasteiger partial charge in [0.15, 0.2) is 0 Å². The topological polar surface area (TPSA) is 49.8 Å². The molecule has 0 spiro atoms. The van der Waals surface area contributed by atoms with E-state index in [0.29, 0.717) is 18.1 Å². The van der Waals surface area contributed by atoms with E-state index in [0.717, 1.165) is 24.8 Å². The molecule has 0 bridgehead atoms. The fourth-order valence-electron chi connectivity index (χ4n) is 3.69. The van der Waals surface area contributed by atoms with E-state index in [-0.39, 0.29) is 30.5 Å². The van der Waals surface area contributed by atoms with Gasteiger partial charge in [-0.05, 0) is 57.2 Å². The summed E-state index contributed by atoms with van der Waals surface area (Å²) in [6, 6.07) is 7.75. The van der Waals surface area contributed by atoms with Crippen molar-refractivity contribution in [2.45, 2.75) is 64.1 Å². The van der Waals surface area contributed by atoms with Gasteiger partial charge < -0.3 is 14.7 Å². The number of allylic oxidation sites excluding steroid dienone is 1. The van der Waals surface area contributed by atoms with Crippen molar-refractivity contribution in [1.29, 1.82) is 0 Å². The standard InChI is InChI=1S/C22H32ClNO3/c1-5-7-17-10-13-20(16-8-11-18(23)12-9-16)24(21(17)25)19(6-2)14-27-15-22(3,4)26/h5,8-9,11-12,17,19-20,26H,1,6-7,10,13-15H2,2-4H3. The molecule has 1 fully saturated rings. The van der Waals surface area contributed by atoms with Crippen LogP contribution in [0.3, 0.4) is 0 Å². The molecule has 4 nitrogen and oxygen atoms in total. The number of carbonyl (C=O) groups excluding carboxylic acids is 1. The summed E-state index contributed by atoms with van der Waals surface area (Å²) in [6.45, 7) is 9.97. The van der Waals surface area contributed by atoms with Gasteiger partial charge in [0, 0.05) is 10.9 Å². The smallest absolute Gasteiger partial charge is 0.226 e. The number of nitrogens with zero attached hydrogens (tertiary/aromatic N) is 1. The average Bonchev–Trinajstić information content (AvgIpc) is 2.61. The van der Waals surface area contributed by atoms with E-state index < -0.39 is 5.60 Å². The van der Waals surface area contributed by atoms with Gasteiger partial charge in [-0.25, -0.2) is 0 Å². The molecule has 2 rings (SSSR count). The molecule has 1 N–H and O–H groups in total. The minimum Gasteiger partial charge on any atom is -0.388 e. The first-order chi connectivity index (χ1) is 12.8. The highest BCUT2D eigenvalue weighted by Crippen LogP contribution is 2.38. The number of hydrogen-bond donors (Lipinski definition) is 1. The second-order valence-electron chi connectivity index (χ2n) is 8.00. The van der Waals surface area contributed by atoms with Crippen molar-refractivity contribution >= 4 is 17.5 Å². The van der Waals surface area contributed by atoms with Crippen LogP contribution in [-0.4, -0.2) is 40.8 Å². The molecule has 1 aromatic rings. The maximum absolute atomic E-state index is 13.3. The van der Waals surface area contributed by atoms with Crippen LogP contribution in [0.5, 0.6) is 0 Å². The number of rotatable bonds is 9. The molecule has 27 heavy (non-hydrogen) atoms. The zero-order chi connectivity index (χ0) is 20.0. The summed E-state index contributed by atoms with van der Waals surface area (Å²) in [5.41, 5.74) is 0.219. The van der Waals surface area contributed by atoms with E-state index in [4.69, 9.17) is 16.3 Å². The third-order valence-electron chi connectivity index (χ3n) is 5.06. The van der Waals surface area contributed by atoms with Gasteiger partial charge in [0.2, 0.25) is 5.91 Å². The normalized spacial score (nSPS) is 22.0. The Morgan fingerprint density at radius 1 is 1.37 bits per heavy atom. The Bertz CT molecular complexity index is 623. The van der Waals surface area contributed by atoms with Crippen molar-refractivity contribution in [2.24, 2.45) is 5.92 Å². The molecule has 1 aromatic carbocycles. The van der Waals surface area contributed by atoms with Gasteiger partial charge >= 0.3 is 0 Å². The van der Waals surface area contributed by atoms with Crippen LogP contribution in [0, 0.1) is 5.92 Å². The minimum absolute atomic E-state index is 0.0191. The largest absolute Gasteiger partial charge is 0.388 e. The van der Waals surface area contributed by atoms with E-state index >= 15 is 0 Å². The first kappa shape index (κ1) is 21.9. The van der Waals surface area contributed by atoms with Gasteiger partial charge in [-0.15, -0.1) is 6.58 Å². The molecule has 0 aliphatic carbocycles. The predicted octanol–water partition coefficient (Wildman–Crippen LogP) is 4.76. The Kier molecular flexibility index (Phi) is 7.90. The Hall–Kier alpha value is -1.36. The van der Waals surface area contributed by atoms with E-state index in [9.17, 15) is 9.90 Å². The SMILES string of the molecule is C=CCC1CCC(c2ccc(Cl)cc2)N(C(CC)COCC(C)(C)O)C1=O. The van der Waals surface area contributed by atoms with E-state index in [1.165, 1.54) is 0 Å². The molecule has 5 heteroatoms. The lowest BCUT2D eigenvalue weighted by Gasteiger charge is -2.44. The number of amides is 1. The Labute approximate surface area is 168 Å². The van der Waals surface area contributed by atoms with Crippen molar-refractivity contribution in [1.82, 2.24) is 4.90 Å². The molecule has 1 saturated heterocycles. The number of ether oxygens (including phenoxy) is 1. The summed E-state index contributed by atoms with van der Waals surface area (Å²) in [5, 5.41) is 10.6. The Balaban J connectivity index is 2.24. The molecule has 3 atom stereocenters. The van der Waals surface area contributed by atoms with Crippen molar-refractivity contribution in [3.63, 3.8) is 0 Å². The first-order valence-electron chi connectivity index (χ1n) is 9.75. The van der Waals surface area contributed by atoms with Crippen LogP contribution in [0.15, 0.2) is 36.9 Å². The summed E-state index contributed by atoms with van der Waals surface area (Å²) < 4.78 is 5.77. The maximum Gasteiger partial charge on any atom is 0.226 e. The lowest BCUT2D eigenvalue weighted by Crippen LogP contribution is -2.50. The number of aliphatic hydroxyl groups is 1. The van der Waals surface area contributed by atoms with Crippen LogP contribution in [0.1, 0.15) is 58.1 Å². The van der Waals surface area contributed by atoms with Gasteiger partial charge in [-0.3, -0.25) is 4.79 Å². The molecule has 1 aliphatic rings. The van der Waals surface area contributed by atoms with Gasteiger partial charge in [0.1, 0.15) is 0 Å². The lowest BCUT2D eigenvalue weighted by molar-refractivity contribution is -0.148. The van der Waals surface area contributed by atoms with Crippen LogP contribution in [-0.2, 0) is 9.53 Å². The zero-order valence-corrected chi connectivity index (χ0v) is 17.4. The summed E-state index contributed by atoms with van der Waals surface area (Å²) in [6.07, 6.45) is 5.09. The molecule has 0 saturated carbocycles. The van der Waals surface area contributed by atoms with Crippen molar-refractivity contribution < 1.29 is 14.6 Å². The third kappa shape index (κ3) is 6.06. The molecular formula is C22H32ClNO3. The highest BCUT2D eigenvalue weighted by Gasteiger charge is 2.39. The molecule has 1 heterocycles. The summed E-state index contributed by atoms with van der Waals surface area (Å²) in [4.78, 5) is 15.3. The number of hydrogen-bond acceptors (Lipinski definition) is 3. The third-order valence-corrected chi connectivity index (χ3v) is 5.32. The minimum atomic E-state index is -0.884. The van der Waals surface area contributed by atoms with Gasteiger partial charge in [-0.1, -0.05) is 36.7 Å². The second kappa shape index (κ2) is 9.72. The number of piperidine rings is 1. The molecule has 1 aliphatic heterocycles. The molecule has 0 radical (unpaired) electrons. The van der Waals surface area contributed by atoms with E-state index in [1.54, 1.807) is 13.8 Å². The number of halogens is 1. The average molecular weight is 394 g/mol. The van der Waals surface area contributed by atoms with E-state index in [2.05, 4.69) is 13.5 Å². The molecule has 150 valence electrons. The summed E-state index contributed by atoms with van der Waals surface area (Å²) >= 11 is 6.05. The molecular weight excluding hydrogens is 362 g/mol. The van der Waals surface area contributed by atoms with Crippen molar-refractivity contribution in [3.05, 3.63) is 47.5 Å². The Morgan fingerprint density at radius 3 is 2.59 bits per heavy atom. The van der Waals surface area contributed by atoms with Gasteiger partial charge in [-0.2, -0.15) is 0 Å². The summed E-state index contributed by atoms with van der Waals surface area (Å²) in [7, 11) is 0. The maximum atomic E-state index is 13.3. The van der Waals surface area contributed by atoms with Crippen LogP contribution >= 0.6 is 11.6 Å². The quantitative estimate of drug-likeness (QED) is 0.615. The fourth-order valence-corrected chi connectivity index (χ4v) is 3.82. The van der Waals surface area contributed by atoms with Crippen LogP contribution in [0.2, 0.25) is 5.02 Å². The van der Waals surface area contributed by atoms with Crippen molar-refractivity contribution in [3.8, 4) is 0 Å². The second-order valence-corrected chi connectivity index (χ2v) is 8.44. The highest BCUT2D eigenvalue weighted by molar-refractivity contribution is 6.30. The molecule has 0 aromatic heterocycles. The van der Waals surface area contributed by atoms with Crippen LogP contribution in [0.4, 0.5) is 0 Å². The van der Waals surface area contributed by atoms with Crippen molar-refractivity contribution in [2.75, 3.05) is 13.2 Å². The fraction of sp³-hybridized carbons (Fsp3) is 0.591. The Morgan fingerprint density at radius 2 is 2.04 bits per heavy atom. The van der Waals surface area contributed by atoms with Crippen LogP contribution in [0.25, 0.3) is 0 Å². The predicted molar refractivity (Wildman–Crippen MR) is 110 cm³/mol. The number of benzene rings is 1. The monoisotopic (exact) mass is 393 g/mol. The van der Waals surface area contributed by atoms with Gasteiger partial charge in [0.05, 0.1) is 30.9 Å². The van der Waals surface area contributed by atoms with Gasteiger partial charge in [0.25, 0.3) is 0 Å². The van der Waals surface area contributed by atoms with E-state index in [1.807, 2.05) is 35.2 Å². The summed E-state index contributed by atoms with van der Waals surface area (Å²) in [5.74, 6) is 0.147. The lowest BCUT2D eigenvalue weighted by atomic mass is 9.85. The number of likely N-dealkylation sites (tertiary alicyclic amines) is 1.